The lowest BCUT2D eigenvalue weighted by atomic mass is 9.85. The van der Waals surface area contributed by atoms with Gasteiger partial charge < -0.3 is 20.8 Å². The predicted molar refractivity (Wildman–Crippen MR) is 93.3 cm³/mol. The van der Waals surface area contributed by atoms with E-state index in [2.05, 4.69) is 26.3 Å². The topological polar surface area (TPSA) is 130 Å². The summed E-state index contributed by atoms with van der Waals surface area (Å²) >= 11 is 1.34. The van der Waals surface area contributed by atoms with Crippen LogP contribution in [0.3, 0.4) is 0 Å². The lowest BCUT2D eigenvalue weighted by Gasteiger charge is -2.25. The normalized spacial score (nSPS) is 16.2. The number of nitrogens with zero attached hydrogens (tertiary/aromatic N) is 3. The number of H-pyrrole nitrogens is 1. The van der Waals surface area contributed by atoms with E-state index in [0.717, 1.165) is 5.56 Å². The quantitative estimate of drug-likeness (QED) is 0.639. The third kappa shape index (κ3) is 2.23. The molecule has 0 saturated heterocycles. The summed E-state index contributed by atoms with van der Waals surface area (Å²) in [6.45, 7) is 0. The molecule has 0 saturated carbocycles. The fourth-order valence-corrected chi connectivity index (χ4v) is 3.76. The third-order valence-corrected chi connectivity index (χ3v) is 5.05. The highest BCUT2D eigenvalue weighted by molar-refractivity contribution is 7.22. The van der Waals surface area contributed by atoms with Crippen molar-refractivity contribution >= 4 is 26.8 Å². The summed E-state index contributed by atoms with van der Waals surface area (Å²) in [7, 11) is 1.74. The molecule has 0 aliphatic carbocycles. The molecule has 4 rings (SSSR count). The number of aromatic nitrogens is 3. The zero-order valence-electron chi connectivity index (χ0n) is 13.0. The Morgan fingerprint density at radius 3 is 2.88 bits per heavy atom. The van der Waals surface area contributed by atoms with E-state index in [-0.39, 0.29) is 17.0 Å². The summed E-state index contributed by atoms with van der Waals surface area (Å²) < 4.78 is 6.35. The molecule has 4 heterocycles. The van der Waals surface area contributed by atoms with Crippen LogP contribution in [-0.2, 0) is 0 Å². The minimum atomic E-state index is -0.620. The first-order chi connectivity index (χ1) is 12.1. The first-order valence-electron chi connectivity index (χ1n) is 7.36. The van der Waals surface area contributed by atoms with Crippen LogP contribution in [-0.4, -0.2) is 22.0 Å². The average Bonchev–Trinajstić information content (AvgIpc) is 3.04. The molecule has 0 spiro atoms. The third-order valence-electron chi connectivity index (χ3n) is 3.98. The van der Waals surface area contributed by atoms with Crippen LogP contribution in [0.15, 0.2) is 40.8 Å². The number of thiazole rings is 1. The highest BCUT2D eigenvalue weighted by Gasteiger charge is 2.35. The van der Waals surface area contributed by atoms with E-state index in [1.165, 1.54) is 11.3 Å². The number of rotatable bonds is 2. The molecule has 1 aliphatic rings. The van der Waals surface area contributed by atoms with Crippen molar-refractivity contribution in [2.24, 2.45) is 5.73 Å². The van der Waals surface area contributed by atoms with Crippen molar-refractivity contribution in [1.29, 1.82) is 5.26 Å². The van der Waals surface area contributed by atoms with E-state index in [1.54, 1.807) is 31.6 Å². The molecule has 124 valence electrons. The fourth-order valence-electron chi connectivity index (χ4n) is 2.89. The van der Waals surface area contributed by atoms with Gasteiger partial charge in [0, 0.05) is 19.4 Å². The van der Waals surface area contributed by atoms with Gasteiger partial charge in [0.15, 0.2) is 16.5 Å². The van der Waals surface area contributed by atoms with E-state index < -0.39 is 5.92 Å². The van der Waals surface area contributed by atoms with Crippen LogP contribution in [0.25, 0.3) is 10.3 Å². The lowest BCUT2D eigenvalue weighted by Crippen LogP contribution is -2.27. The summed E-state index contributed by atoms with van der Waals surface area (Å²) in [5.74, 6) is -0.288. The van der Waals surface area contributed by atoms with Gasteiger partial charge in [0.2, 0.25) is 5.88 Å². The van der Waals surface area contributed by atoms with Gasteiger partial charge in [-0.15, -0.1) is 0 Å². The van der Waals surface area contributed by atoms with Gasteiger partial charge in [-0.2, -0.15) is 5.26 Å². The largest absolute Gasteiger partial charge is 0.438 e. The summed E-state index contributed by atoms with van der Waals surface area (Å²) in [6, 6.07) is 5.57. The van der Waals surface area contributed by atoms with Gasteiger partial charge in [0.1, 0.15) is 16.3 Å². The maximum Gasteiger partial charge on any atom is 0.257 e. The van der Waals surface area contributed by atoms with E-state index in [1.807, 2.05) is 0 Å². The van der Waals surface area contributed by atoms with Crippen LogP contribution in [0.1, 0.15) is 17.0 Å². The Morgan fingerprint density at radius 1 is 1.44 bits per heavy atom. The number of nitrogens with two attached hydrogens (primary N) is 1. The SMILES string of the molecule is CNc1nc2[nH]c(=O)c3c(c2s1)OC(N)=C(C#N)[C@@H]3c1ccncc1. The first-order valence-corrected chi connectivity index (χ1v) is 8.17. The van der Waals surface area contributed by atoms with Crippen LogP contribution in [0.2, 0.25) is 0 Å². The van der Waals surface area contributed by atoms with Gasteiger partial charge >= 0.3 is 0 Å². The van der Waals surface area contributed by atoms with Crippen molar-refractivity contribution in [1.82, 2.24) is 15.0 Å². The molecule has 8 nitrogen and oxygen atoms in total. The van der Waals surface area contributed by atoms with Gasteiger partial charge in [-0.25, -0.2) is 4.98 Å². The molecule has 0 fully saturated rings. The molecular formula is C16H12N6O2S. The highest BCUT2D eigenvalue weighted by atomic mass is 32.1. The monoisotopic (exact) mass is 352 g/mol. The zero-order valence-corrected chi connectivity index (χ0v) is 13.8. The second-order valence-electron chi connectivity index (χ2n) is 5.35. The Bertz CT molecular complexity index is 1110. The number of hydrogen-bond acceptors (Lipinski definition) is 8. The summed E-state index contributed by atoms with van der Waals surface area (Å²) in [4.78, 5) is 23.8. The van der Waals surface area contributed by atoms with Crippen LogP contribution in [0, 0.1) is 11.3 Å². The number of fused-ring (bicyclic) bond motifs is 3. The number of nitriles is 1. The maximum atomic E-state index is 12.7. The lowest BCUT2D eigenvalue weighted by molar-refractivity contribution is 0.397. The van der Waals surface area contributed by atoms with Gasteiger partial charge in [0.05, 0.1) is 11.5 Å². The Balaban J connectivity index is 2.07. The van der Waals surface area contributed by atoms with Crippen LogP contribution >= 0.6 is 11.3 Å². The summed E-state index contributed by atoms with van der Waals surface area (Å²) in [5, 5.41) is 13.1. The van der Waals surface area contributed by atoms with Crippen molar-refractivity contribution in [3.05, 3.63) is 57.5 Å². The van der Waals surface area contributed by atoms with Crippen LogP contribution in [0.4, 0.5) is 5.13 Å². The van der Waals surface area contributed by atoms with E-state index in [9.17, 15) is 10.1 Å². The number of anilines is 1. The Hall–Kier alpha value is -3.38. The van der Waals surface area contributed by atoms with Crippen molar-refractivity contribution in [3.8, 4) is 11.8 Å². The molecule has 9 heteroatoms. The van der Waals surface area contributed by atoms with E-state index >= 15 is 0 Å². The minimum Gasteiger partial charge on any atom is -0.438 e. The number of hydrogen-bond donors (Lipinski definition) is 3. The Morgan fingerprint density at radius 2 is 2.20 bits per heavy atom. The molecule has 3 aromatic heterocycles. The number of aromatic amines is 1. The second kappa shape index (κ2) is 5.61. The van der Waals surface area contributed by atoms with Crippen molar-refractivity contribution in [2.75, 3.05) is 12.4 Å². The fraction of sp³-hybridized carbons (Fsp3) is 0.125. The molecule has 0 bridgehead atoms. The first kappa shape index (κ1) is 15.2. The molecular weight excluding hydrogens is 340 g/mol. The van der Waals surface area contributed by atoms with Gasteiger partial charge in [-0.1, -0.05) is 11.3 Å². The number of pyridine rings is 2. The van der Waals surface area contributed by atoms with Crippen molar-refractivity contribution in [2.45, 2.75) is 5.92 Å². The summed E-state index contributed by atoms with van der Waals surface area (Å²) in [6.07, 6.45) is 3.21. The molecule has 25 heavy (non-hydrogen) atoms. The van der Waals surface area contributed by atoms with Gasteiger partial charge in [-0.3, -0.25) is 9.78 Å². The van der Waals surface area contributed by atoms with Gasteiger partial charge in [0.25, 0.3) is 5.56 Å². The molecule has 4 N–H and O–H groups in total. The van der Waals surface area contributed by atoms with Crippen LogP contribution in [0.5, 0.6) is 5.75 Å². The smallest absolute Gasteiger partial charge is 0.257 e. The summed E-state index contributed by atoms with van der Waals surface area (Å²) in [5.41, 5.74) is 7.32. The van der Waals surface area contributed by atoms with Crippen LogP contribution < -0.4 is 21.3 Å². The van der Waals surface area contributed by atoms with E-state index in [4.69, 9.17) is 10.5 Å². The molecule has 3 aromatic rings. The molecule has 1 aliphatic heterocycles. The number of nitrogens with one attached hydrogen (secondary N) is 2. The minimum absolute atomic E-state index is 0.0110. The number of ether oxygens (including phenoxy) is 1. The Kier molecular flexibility index (Phi) is 3.40. The zero-order chi connectivity index (χ0) is 17.6. The molecule has 0 radical (unpaired) electrons. The van der Waals surface area contributed by atoms with Gasteiger partial charge in [-0.05, 0) is 17.7 Å². The predicted octanol–water partition coefficient (Wildman–Crippen LogP) is 1.64. The average molecular weight is 352 g/mol. The standard InChI is InChI=1S/C16H12N6O2S/c1-19-16-22-14-12(25-16)11-10(15(23)21-14)9(7-2-4-20-5-3-7)8(6-17)13(18)24-11/h2-5,9H,18H2,1H3,(H2,19,21,22,23)/t9-/m0/s1. The van der Waals surface area contributed by atoms with Crippen molar-refractivity contribution < 1.29 is 4.74 Å². The molecule has 0 amide bonds. The van der Waals surface area contributed by atoms with E-state index in [0.29, 0.717) is 26.8 Å². The molecule has 0 aromatic carbocycles. The number of allylic oxidation sites excluding steroid dienone is 1. The van der Waals surface area contributed by atoms with Crippen molar-refractivity contribution in [3.63, 3.8) is 0 Å². The Labute approximate surface area is 145 Å². The molecule has 1 atom stereocenters. The second-order valence-corrected chi connectivity index (χ2v) is 6.35. The maximum absolute atomic E-state index is 12.7. The molecule has 0 unspecified atom stereocenters. The highest BCUT2D eigenvalue weighted by Crippen LogP contribution is 2.44.